The Labute approximate surface area is 112 Å². The largest absolute Gasteiger partial charge is 0.454 e. The van der Waals surface area contributed by atoms with Crippen molar-refractivity contribution in [1.29, 1.82) is 0 Å². The lowest BCUT2D eigenvalue weighted by Crippen LogP contribution is -2.06. The summed E-state index contributed by atoms with van der Waals surface area (Å²) in [5, 5.41) is 1.13. The van der Waals surface area contributed by atoms with Gasteiger partial charge >= 0.3 is 0 Å². The summed E-state index contributed by atoms with van der Waals surface area (Å²) in [6.45, 7) is 0.321. The molecule has 1 fully saturated rings. The third kappa shape index (κ3) is 1.93. The number of ether oxygens (including phenoxy) is 2. The maximum Gasteiger partial charge on any atom is 0.231 e. The van der Waals surface area contributed by atoms with Gasteiger partial charge in [-0.1, -0.05) is 25.3 Å². The van der Waals surface area contributed by atoms with E-state index in [1.807, 2.05) is 12.1 Å². The summed E-state index contributed by atoms with van der Waals surface area (Å²) >= 11 is 0. The molecule has 1 aromatic carbocycles. The monoisotopic (exact) mass is 255 g/mol. The number of hydrogen-bond donors (Lipinski definition) is 0. The van der Waals surface area contributed by atoms with E-state index in [-0.39, 0.29) is 0 Å². The molecule has 0 saturated heterocycles. The normalized spacial score (nSPS) is 18.9. The fraction of sp³-hybridized carbons (Fsp3) is 0.438. The minimum absolute atomic E-state index is 0.321. The maximum atomic E-state index is 5.43. The quantitative estimate of drug-likeness (QED) is 0.771. The number of benzene rings is 1. The molecule has 19 heavy (non-hydrogen) atoms. The fourth-order valence-corrected chi connectivity index (χ4v) is 3.15. The highest BCUT2D eigenvalue weighted by molar-refractivity contribution is 5.83. The SMILES string of the molecule is c1cc2cc3c(cc2nc1C1CCCCC1)OCO3. The zero-order valence-electron chi connectivity index (χ0n) is 10.9. The molecule has 0 amide bonds. The summed E-state index contributed by atoms with van der Waals surface area (Å²) in [6.07, 6.45) is 6.62. The second kappa shape index (κ2) is 4.41. The van der Waals surface area contributed by atoms with Crippen molar-refractivity contribution in [3.63, 3.8) is 0 Å². The number of pyridine rings is 1. The molecule has 0 N–H and O–H groups in total. The van der Waals surface area contributed by atoms with Gasteiger partial charge in [-0.3, -0.25) is 4.98 Å². The highest BCUT2D eigenvalue weighted by Crippen LogP contribution is 2.37. The first kappa shape index (κ1) is 11.1. The summed E-state index contributed by atoms with van der Waals surface area (Å²) in [5.74, 6) is 2.30. The summed E-state index contributed by atoms with van der Waals surface area (Å²) < 4.78 is 10.8. The van der Waals surface area contributed by atoms with Crippen molar-refractivity contribution >= 4 is 10.9 Å². The van der Waals surface area contributed by atoms with Crippen LogP contribution in [0.1, 0.15) is 43.7 Å². The van der Waals surface area contributed by atoms with E-state index in [0.29, 0.717) is 12.7 Å². The van der Waals surface area contributed by atoms with E-state index in [9.17, 15) is 0 Å². The van der Waals surface area contributed by atoms with Crippen LogP contribution in [0.5, 0.6) is 11.5 Å². The van der Waals surface area contributed by atoms with E-state index in [1.165, 1.54) is 37.8 Å². The van der Waals surface area contributed by atoms with Gasteiger partial charge in [0.05, 0.1) is 5.52 Å². The first-order valence-corrected chi connectivity index (χ1v) is 7.10. The van der Waals surface area contributed by atoms with Gasteiger partial charge in [-0.05, 0) is 25.0 Å². The lowest BCUT2D eigenvalue weighted by atomic mass is 9.86. The molecule has 2 aromatic rings. The van der Waals surface area contributed by atoms with Crippen molar-refractivity contribution in [2.24, 2.45) is 0 Å². The van der Waals surface area contributed by atoms with Crippen molar-refractivity contribution in [3.05, 3.63) is 30.0 Å². The summed E-state index contributed by atoms with van der Waals surface area (Å²) in [7, 11) is 0. The van der Waals surface area contributed by atoms with Crippen molar-refractivity contribution in [3.8, 4) is 11.5 Å². The number of nitrogens with zero attached hydrogens (tertiary/aromatic N) is 1. The Kier molecular flexibility index (Phi) is 2.57. The van der Waals surface area contributed by atoms with Gasteiger partial charge < -0.3 is 9.47 Å². The van der Waals surface area contributed by atoms with Crippen LogP contribution in [-0.4, -0.2) is 11.8 Å². The maximum absolute atomic E-state index is 5.43. The Balaban J connectivity index is 1.76. The van der Waals surface area contributed by atoms with Gasteiger partial charge in [0.25, 0.3) is 0 Å². The van der Waals surface area contributed by atoms with Crippen LogP contribution in [0.4, 0.5) is 0 Å². The van der Waals surface area contributed by atoms with Gasteiger partial charge in [-0.2, -0.15) is 0 Å². The van der Waals surface area contributed by atoms with E-state index in [2.05, 4.69) is 12.1 Å². The highest BCUT2D eigenvalue weighted by Gasteiger charge is 2.19. The van der Waals surface area contributed by atoms with E-state index in [0.717, 1.165) is 22.4 Å². The number of rotatable bonds is 1. The zero-order chi connectivity index (χ0) is 12.7. The fourth-order valence-electron chi connectivity index (χ4n) is 3.15. The molecule has 1 aromatic heterocycles. The van der Waals surface area contributed by atoms with Crippen molar-refractivity contribution < 1.29 is 9.47 Å². The molecule has 2 aliphatic rings. The molecule has 3 nitrogen and oxygen atoms in total. The average Bonchev–Trinajstić information content (AvgIpc) is 2.92. The molecule has 0 radical (unpaired) electrons. The Bertz CT molecular complexity index is 617. The van der Waals surface area contributed by atoms with Gasteiger partial charge in [0.15, 0.2) is 11.5 Å². The second-order valence-corrected chi connectivity index (χ2v) is 5.47. The Morgan fingerprint density at radius 2 is 1.74 bits per heavy atom. The first-order chi connectivity index (χ1) is 9.40. The predicted octanol–water partition coefficient (Wildman–Crippen LogP) is 4.01. The second-order valence-electron chi connectivity index (χ2n) is 5.47. The molecule has 98 valence electrons. The number of fused-ring (bicyclic) bond motifs is 2. The van der Waals surface area contributed by atoms with Crippen LogP contribution in [0.25, 0.3) is 10.9 Å². The van der Waals surface area contributed by atoms with Gasteiger partial charge in [0.2, 0.25) is 6.79 Å². The smallest absolute Gasteiger partial charge is 0.231 e. The average molecular weight is 255 g/mol. The Morgan fingerprint density at radius 3 is 2.58 bits per heavy atom. The minimum atomic E-state index is 0.321. The topological polar surface area (TPSA) is 31.4 Å². The highest BCUT2D eigenvalue weighted by atomic mass is 16.7. The Morgan fingerprint density at radius 1 is 0.947 bits per heavy atom. The molecule has 2 heterocycles. The van der Waals surface area contributed by atoms with Gasteiger partial charge in [-0.15, -0.1) is 0 Å². The van der Waals surface area contributed by atoms with E-state index in [4.69, 9.17) is 14.5 Å². The molecule has 1 aliphatic heterocycles. The van der Waals surface area contributed by atoms with Gasteiger partial charge in [0.1, 0.15) is 0 Å². The summed E-state index contributed by atoms with van der Waals surface area (Å²) in [6, 6.07) is 8.37. The molecule has 4 rings (SSSR count). The molecule has 0 spiro atoms. The Hall–Kier alpha value is -1.77. The van der Waals surface area contributed by atoms with E-state index in [1.54, 1.807) is 0 Å². The minimum Gasteiger partial charge on any atom is -0.454 e. The van der Waals surface area contributed by atoms with Crippen LogP contribution in [0, 0.1) is 0 Å². The lowest BCUT2D eigenvalue weighted by Gasteiger charge is -2.21. The predicted molar refractivity (Wildman–Crippen MR) is 73.7 cm³/mol. The van der Waals surface area contributed by atoms with Crippen LogP contribution < -0.4 is 9.47 Å². The van der Waals surface area contributed by atoms with Crippen LogP contribution in [0.15, 0.2) is 24.3 Å². The van der Waals surface area contributed by atoms with E-state index < -0.39 is 0 Å². The van der Waals surface area contributed by atoms with Gasteiger partial charge in [0, 0.05) is 23.1 Å². The van der Waals surface area contributed by atoms with Crippen molar-refractivity contribution in [2.45, 2.75) is 38.0 Å². The van der Waals surface area contributed by atoms with Crippen molar-refractivity contribution in [1.82, 2.24) is 4.98 Å². The lowest BCUT2D eigenvalue weighted by molar-refractivity contribution is 0.174. The van der Waals surface area contributed by atoms with Crippen LogP contribution in [0.3, 0.4) is 0 Å². The standard InChI is InChI=1S/C16H17NO2/c1-2-4-11(5-3-1)13-7-6-12-8-15-16(19-10-18-15)9-14(12)17-13/h6-9,11H,1-5,10H2. The summed E-state index contributed by atoms with van der Waals surface area (Å²) in [5.41, 5.74) is 2.26. The molecule has 0 unspecified atom stereocenters. The molecule has 0 atom stereocenters. The third-order valence-electron chi connectivity index (χ3n) is 4.23. The molecule has 3 heteroatoms. The van der Waals surface area contributed by atoms with Gasteiger partial charge in [-0.25, -0.2) is 0 Å². The third-order valence-corrected chi connectivity index (χ3v) is 4.23. The van der Waals surface area contributed by atoms with Crippen LogP contribution >= 0.6 is 0 Å². The van der Waals surface area contributed by atoms with Crippen LogP contribution in [-0.2, 0) is 0 Å². The molecule has 1 aliphatic carbocycles. The molecule has 1 saturated carbocycles. The first-order valence-electron chi connectivity index (χ1n) is 7.10. The number of aromatic nitrogens is 1. The molecule has 0 bridgehead atoms. The molecular weight excluding hydrogens is 238 g/mol. The van der Waals surface area contributed by atoms with Crippen molar-refractivity contribution in [2.75, 3.05) is 6.79 Å². The van der Waals surface area contributed by atoms with Crippen LogP contribution in [0.2, 0.25) is 0 Å². The van der Waals surface area contributed by atoms with E-state index >= 15 is 0 Å². The molecular formula is C16H17NO2. The summed E-state index contributed by atoms with van der Waals surface area (Å²) in [4.78, 5) is 4.84. The number of hydrogen-bond acceptors (Lipinski definition) is 3. The zero-order valence-corrected chi connectivity index (χ0v) is 10.9.